The molecule has 1 aromatic rings. The number of ether oxygens (including phenoxy) is 1. The second kappa shape index (κ2) is 7.09. The van der Waals surface area contributed by atoms with Crippen LogP contribution in [0.15, 0.2) is 6.20 Å². The van der Waals surface area contributed by atoms with Crippen molar-refractivity contribution in [2.75, 3.05) is 13.1 Å². The maximum atomic E-state index is 12.3. The molecule has 7 nitrogen and oxygen atoms in total. The van der Waals surface area contributed by atoms with Crippen molar-refractivity contribution >= 4 is 6.09 Å². The first-order chi connectivity index (χ1) is 10.4. The SMILES string of the molecule is Cn1nncc1CNCC1CCCCN1C(=O)OC(C)(C)C. The standard InChI is InChI=1S/C15H27N5O2/c1-15(2,3)22-14(21)20-8-6-5-7-12(20)9-16-10-13-11-17-18-19(13)4/h11-12,16H,5-10H2,1-4H3. The summed E-state index contributed by atoms with van der Waals surface area (Å²) in [6.07, 6.45) is 4.75. The first-order valence-electron chi connectivity index (χ1n) is 7.91. The molecule has 1 fully saturated rings. The Labute approximate surface area is 132 Å². The number of likely N-dealkylation sites (tertiary alicyclic amines) is 1. The number of aromatic nitrogens is 3. The average molecular weight is 309 g/mol. The number of rotatable bonds is 4. The Morgan fingerprint density at radius 1 is 1.45 bits per heavy atom. The summed E-state index contributed by atoms with van der Waals surface area (Å²) in [5, 5.41) is 11.2. The predicted octanol–water partition coefficient (Wildman–Crippen LogP) is 1.69. The van der Waals surface area contributed by atoms with Crippen molar-refractivity contribution in [1.82, 2.24) is 25.2 Å². The minimum Gasteiger partial charge on any atom is -0.444 e. The third-order valence-corrected chi connectivity index (χ3v) is 3.75. The molecule has 7 heteroatoms. The van der Waals surface area contributed by atoms with Crippen LogP contribution in [0.25, 0.3) is 0 Å². The van der Waals surface area contributed by atoms with E-state index in [-0.39, 0.29) is 12.1 Å². The van der Waals surface area contributed by atoms with Gasteiger partial charge in [0.05, 0.1) is 11.9 Å². The fraction of sp³-hybridized carbons (Fsp3) is 0.800. The Morgan fingerprint density at radius 2 is 2.23 bits per heavy atom. The molecule has 22 heavy (non-hydrogen) atoms. The molecule has 1 unspecified atom stereocenters. The fourth-order valence-electron chi connectivity index (χ4n) is 2.61. The second-order valence-corrected chi connectivity index (χ2v) is 6.80. The summed E-state index contributed by atoms with van der Waals surface area (Å²) in [6.45, 7) is 7.92. The van der Waals surface area contributed by atoms with Crippen LogP contribution in [-0.4, -0.2) is 50.7 Å². The van der Waals surface area contributed by atoms with Crippen LogP contribution in [0.2, 0.25) is 0 Å². The van der Waals surface area contributed by atoms with Gasteiger partial charge in [-0.3, -0.25) is 4.68 Å². The number of piperidine rings is 1. The third kappa shape index (κ3) is 4.69. The number of aryl methyl sites for hydroxylation is 1. The summed E-state index contributed by atoms with van der Waals surface area (Å²) in [6, 6.07) is 0.185. The van der Waals surface area contributed by atoms with Crippen LogP contribution in [0.5, 0.6) is 0 Å². The van der Waals surface area contributed by atoms with E-state index in [0.29, 0.717) is 6.54 Å². The van der Waals surface area contributed by atoms with Gasteiger partial charge < -0.3 is 15.0 Å². The third-order valence-electron chi connectivity index (χ3n) is 3.75. The molecule has 0 aliphatic carbocycles. The molecule has 0 radical (unpaired) electrons. The highest BCUT2D eigenvalue weighted by atomic mass is 16.6. The summed E-state index contributed by atoms with van der Waals surface area (Å²) in [7, 11) is 1.87. The molecular formula is C15H27N5O2. The molecule has 1 saturated heterocycles. The van der Waals surface area contributed by atoms with E-state index < -0.39 is 5.60 Å². The summed E-state index contributed by atoms with van der Waals surface area (Å²) < 4.78 is 7.26. The molecule has 1 aliphatic rings. The van der Waals surface area contributed by atoms with Crippen LogP contribution in [-0.2, 0) is 18.3 Å². The van der Waals surface area contributed by atoms with Gasteiger partial charge >= 0.3 is 6.09 Å². The lowest BCUT2D eigenvalue weighted by molar-refractivity contribution is 0.00992. The molecule has 0 aromatic carbocycles. The summed E-state index contributed by atoms with van der Waals surface area (Å²) in [5.41, 5.74) is 0.576. The van der Waals surface area contributed by atoms with E-state index in [1.54, 1.807) is 10.9 Å². The Balaban J connectivity index is 1.87. The minimum atomic E-state index is -0.451. The number of nitrogens with zero attached hydrogens (tertiary/aromatic N) is 4. The maximum absolute atomic E-state index is 12.3. The number of hydrogen-bond donors (Lipinski definition) is 1. The number of amides is 1. The zero-order chi connectivity index (χ0) is 16.2. The van der Waals surface area contributed by atoms with Gasteiger partial charge in [0, 0.05) is 32.7 Å². The largest absolute Gasteiger partial charge is 0.444 e. The van der Waals surface area contributed by atoms with E-state index >= 15 is 0 Å². The van der Waals surface area contributed by atoms with Crippen molar-refractivity contribution in [1.29, 1.82) is 0 Å². The van der Waals surface area contributed by atoms with Crippen LogP contribution in [0.4, 0.5) is 4.79 Å². The Kier molecular flexibility index (Phi) is 5.39. The smallest absolute Gasteiger partial charge is 0.410 e. The number of nitrogens with one attached hydrogen (secondary N) is 1. The number of hydrogen-bond acceptors (Lipinski definition) is 5. The summed E-state index contributed by atoms with van der Waals surface area (Å²) in [4.78, 5) is 14.2. The molecule has 124 valence electrons. The van der Waals surface area contributed by atoms with Crippen molar-refractivity contribution < 1.29 is 9.53 Å². The topological polar surface area (TPSA) is 72.3 Å². The van der Waals surface area contributed by atoms with Gasteiger partial charge in [-0.15, -0.1) is 5.10 Å². The maximum Gasteiger partial charge on any atom is 0.410 e. The molecule has 1 aromatic heterocycles. The first kappa shape index (κ1) is 16.7. The number of carbonyl (C=O) groups excluding carboxylic acids is 1. The molecule has 2 rings (SSSR count). The van der Waals surface area contributed by atoms with Gasteiger partial charge in [0.1, 0.15) is 5.60 Å². The number of carbonyl (C=O) groups is 1. The highest BCUT2D eigenvalue weighted by Gasteiger charge is 2.30. The predicted molar refractivity (Wildman–Crippen MR) is 83.3 cm³/mol. The Morgan fingerprint density at radius 3 is 2.86 bits per heavy atom. The molecule has 1 aliphatic heterocycles. The lowest BCUT2D eigenvalue weighted by Gasteiger charge is -2.36. The van der Waals surface area contributed by atoms with E-state index in [4.69, 9.17) is 4.74 Å². The molecular weight excluding hydrogens is 282 g/mol. The zero-order valence-electron chi connectivity index (χ0n) is 14.0. The normalized spacial score (nSPS) is 19.3. The molecule has 2 heterocycles. The quantitative estimate of drug-likeness (QED) is 0.916. The van der Waals surface area contributed by atoms with Crippen LogP contribution < -0.4 is 5.32 Å². The van der Waals surface area contributed by atoms with Crippen molar-refractivity contribution in [3.63, 3.8) is 0 Å². The van der Waals surface area contributed by atoms with Crippen LogP contribution >= 0.6 is 0 Å². The Hall–Kier alpha value is -1.63. The van der Waals surface area contributed by atoms with E-state index in [1.165, 1.54) is 0 Å². The van der Waals surface area contributed by atoms with E-state index in [0.717, 1.165) is 38.0 Å². The van der Waals surface area contributed by atoms with Gasteiger partial charge in [-0.05, 0) is 40.0 Å². The van der Waals surface area contributed by atoms with E-state index in [2.05, 4.69) is 15.6 Å². The van der Waals surface area contributed by atoms with Gasteiger partial charge in [-0.25, -0.2) is 4.79 Å². The van der Waals surface area contributed by atoms with E-state index in [1.807, 2.05) is 32.7 Å². The highest BCUT2D eigenvalue weighted by molar-refractivity contribution is 5.68. The van der Waals surface area contributed by atoms with Crippen molar-refractivity contribution in [2.45, 2.75) is 58.2 Å². The van der Waals surface area contributed by atoms with Crippen molar-refractivity contribution in [3.05, 3.63) is 11.9 Å². The molecule has 1 atom stereocenters. The van der Waals surface area contributed by atoms with Crippen LogP contribution in [0.3, 0.4) is 0 Å². The van der Waals surface area contributed by atoms with Gasteiger partial charge in [0.15, 0.2) is 0 Å². The van der Waals surface area contributed by atoms with Gasteiger partial charge in [0.25, 0.3) is 0 Å². The molecule has 0 bridgehead atoms. The summed E-state index contributed by atoms with van der Waals surface area (Å²) in [5.74, 6) is 0. The average Bonchev–Trinajstić information content (AvgIpc) is 2.83. The highest BCUT2D eigenvalue weighted by Crippen LogP contribution is 2.20. The van der Waals surface area contributed by atoms with E-state index in [9.17, 15) is 4.79 Å². The van der Waals surface area contributed by atoms with Crippen molar-refractivity contribution in [3.8, 4) is 0 Å². The summed E-state index contributed by atoms with van der Waals surface area (Å²) >= 11 is 0. The van der Waals surface area contributed by atoms with Crippen molar-refractivity contribution in [2.24, 2.45) is 7.05 Å². The van der Waals surface area contributed by atoms with Gasteiger partial charge in [-0.1, -0.05) is 5.21 Å². The van der Waals surface area contributed by atoms with Crippen LogP contribution in [0.1, 0.15) is 45.7 Å². The molecule has 1 amide bonds. The molecule has 0 saturated carbocycles. The molecule has 1 N–H and O–H groups in total. The Bertz CT molecular complexity index is 494. The zero-order valence-corrected chi connectivity index (χ0v) is 14.0. The lowest BCUT2D eigenvalue weighted by Crippen LogP contribution is -2.50. The van der Waals surface area contributed by atoms with Gasteiger partial charge in [0.2, 0.25) is 0 Å². The monoisotopic (exact) mass is 309 g/mol. The molecule has 0 spiro atoms. The first-order valence-corrected chi connectivity index (χ1v) is 7.91. The lowest BCUT2D eigenvalue weighted by atomic mass is 10.0. The minimum absolute atomic E-state index is 0.185. The second-order valence-electron chi connectivity index (χ2n) is 6.80. The van der Waals surface area contributed by atoms with Crippen LogP contribution in [0, 0.1) is 0 Å². The fourth-order valence-corrected chi connectivity index (χ4v) is 2.61. The van der Waals surface area contributed by atoms with Gasteiger partial charge in [-0.2, -0.15) is 0 Å².